The van der Waals surface area contributed by atoms with Crippen LogP contribution in [0.3, 0.4) is 0 Å². The molecule has 24 heteroatoms. The molecule has 0 unspecified atom stereocenters. The van der Waals surface area contributed by atoms with E-state index in [9.17, 15) is 50.5 Å². The lowest BCUT2D eigenvalue weighted by molar-refractivity contribution is 0.597. The van der Waals surface area contributed by atoms with Crippen LogP contribution in [0.2, 0.25) is 0 Å². The topological polar surface area (TPSA) is 234 Å². The van der Waals surface area contributed by atoms with Crippen LogP contribution in [0.1, 0.15) is 0 Å². The number of hydrogen-bond donors (Lipinski definition) is 0. The van der Waals surface area contributed by atoms with E-state index in [1.165, 1.54) is 0 Å². The number of rotatable bonds is 0. The summed E-state index contributed by atoms with van der Waals surface area (Å²) < 4.78 is 168. The summed E-state index contributed by atoms with van der Waals surface area (Å²) in [7, 11) is -8.73. The average Bonchev–Trinajstić information content (AvgIpc) is 1.44. The van der Waals surface area contributed by atoms with E-state index in [2.05, 4.69) is 65.3 Å². The zero-order valence-corrected chi connectivity index (χ0v) is 79.6. The van der Waals surface area contributed by atoms with E-state index in [1.807, 2.05) is 283 Å². The van der Waals surface area contributed by atoms with Crippen LogP contribution in [0, 0.1) is 0 Å². The Morgan fingerprint density at radius 2 is 0.435 bits per heavy atom. The van der Waals surface area contributed by atoms with Gasteiger partial charge in [0, 0.05) is 218 Å². The molecule has 24 aromatic rings. The Kier molecular flexibility index (Phi) is 18.3. The summed E-state index contributed by atoms with van der Waals surface area (Å²) in [6, 6.07) is 115. The molecule has 672 valence electrons. The van der Waals surface area contributed by atoms with E-state index >= 15 is 0 Å². The summed E-state index contributed by atoms with van der Waals surface area (Å²) in [4.78, 5) is 5.03. The molecular formula is C114H78N6O12S6. The van der Waals surface area contributed by atoms with Gasteiger partial charge in [-0.25, -0.2) is 50.5 Å². The second-order valence-electron chi connectivity index (χ2n) is 35.5. The minimum absolute atomic E-state index is 0.410. The normalized spacial score (nSPS) is 15.0. The monoisotopic (exact) mass is 1910 g/mol. The van der Waals surface area contributed by atoms with Crippen molar-refractivity contribution in [2.24, 2.45) is 42.3 Å². The maximum Gasteiger partial charge on any atom is 0.209 e. The van der Waals surface area contributed by atoms with E-state index in [4.69, 9.17) is 0 Å². The Morgan fingerprint density at radius 1 is 0.152 bits per heavy atom. The van der Waals surface area contributed by atoms with Gasteiger partial charge in [0.25, 0.3) is 0 Å². The Hall–Kier alpha value is -15.5. The fourth-order valence-corrected chi connectivity index (χ4v) is 32.9. The first kappa shape index (κ1) is 84.2. The summed E-state index contributed by atoms with van der Waals surface area (Å²) in [5, 5.41) is 12.5. The molecule has 138 heavy (non-hydrogen) atoms. The third-order valence-corrected chi connectivity index (χ3v) is 39.8. The van der Waals surface area contributed by atoms with Crippen molar-refractivity contribution in [2.75, 3.05) is 0 Å². The summed E-state index contributed by atoms with van der Waals surface area (Å²) in [5.41, 5.74) is 22.0. The van der Waals surface area contributed by atoms with Crippen LogP contribution >= 0.6 is 0 Å². The highest BCUT2D eigenvalue weighted by atomic mass is 32.2. The van der Waals surface area contributed by atoms with Crippen molar-refractivity contribution in [1.82, 2.24) is 27.4 Å². The largest absolute Gasteiger partial charge is 0.344 e. The molecule has 0 aliphatic carbocycles. The quantitative estimate of drug-likeness (QED) is 0.138. The highest BCUT2D eigenvalue weighted by Crippen LogP contribution is 2.56. The van der Waals surface area contributed by atoms with Crippen molar-refractivity contribution in [3.8, 4) is 66.8 Å². The lowest BCUT2D eigenvalue weighted by Gasteiger charge is -2.05. The van der Waals surface area contributed by atoms with Crippen LogP contribution in [-0.4, -0.2) is 77.9 Å². The molecule has 0 saturated heterocycles. The zero-order chi connectivity index (χ0) is 94.6. The summed E-state index contributed by atoms with van der Waals surface area (Å²) in [5.74, 6) is 0. The maximum absolute atomic E-state index is 13.1. The molecule has 0 fully saturated rings. The van der Waals surface area contributed by atoms with E-state index in [-0.39, 0.29) is 0 Å². The smallest absolute Gasteiger partial charge is 0.209 e. The number of aromatic nitrogens is 6. The van der Waals surface area contributed by atoms with E-state index < -0.39 is 59.0 Å². The molecule has 0 bridgehead atoms. The number of para-hydroxylation sites is 6. The first-order chi connectivity index (χ1) is 66.6. The summed E-state index contributed by atoms with van der Waals surface area (Å²) >= 11 is 0. The number of benzene rings is 18. The second kappa shape index (κ2) is 30.0. The first-order valence-electron chi connectivity index (χ1n) is 44.7. The highest BCUT2D eigenvalue weighted by Gasteiger charge is 2.42. The lowest BCUT2D eigenvalue weighted by Crippen LogP contribution is -2.00. The van der Waals surface area contributed by atoms with Crippen LogP contribution in [0.25, 0.3) is 198 Å². The van der Waals surface area contributed by atoms with E-state index in [1.54, 1.807) is 84.9 Å². The number of sulfone groups is 6. The van der Waals surface area contributed by atoms with Crippen LogP contribution in [-0.2, 0) is 101 Å². The highest BCUT2D eigenvalue weighted by molar-refractivity contribution is 7.94. The fourth-order valence-electron chi connectivity index (χ4n) is 22.3. The van der Waals surface area contributed by atoms with Gasteiger partial charge in [0.05, 0.1) is 75.9 Å². The van der Waals surface area contributed by atoms with Crippen molar-refractivity contribution < 1.29 is 50.5 Å². The minimum Gasteiger partial charge on any atom is -0.344 e. The number of nitrogens with zero attached hydrogens (tertiary/aromatic N) is 6. The standard InChI is InChI=1S/6C19H13NO2S/c1-20-15-8-4-2-7-14(15)18-16(20)11-10-13-12-6-3-5-9-17(12)23(21,22)19(13)18;1-20-16-8-4-2-6-12(16)14-11-19-15(10-17(14)20)13-7-3-5-9-18(13)23(19,21)22;1-20-16-8-4-2-6-12(16)14-10-15-13-7-3-5-9-18(13)23(21,22)19(15)11-17(14)20;1-20-15-8-4-2-6-12(15)13-10-11-17-18(19(13)20)14-7-3-5-9-16(14)23(17,21)22;1-20-16-8-4-2-6-12(16)14-10-11-15-13-7-3-5-9-17(13)23(21,22)19(15)18(14)20;1-20-14-8-4-2-6-12(14)18-15(20)10-11-17-19(18)13-7-3-5-9-16(13)23(17,21)22/h6*2-11H,1H3. The third kappa shape index (κ3) is 11.6. The molecule has 0 amide bonds. The molecular weight excluding hydrogens is 1840 g/mol. The third-order valence-electron chi connectivity index (χ3n) is 28.6. The molecule has 30 rings (SSSR count). The van der Waals surface area contributed by atoms with Gasteiger partial charge >= 0.3 is 0 Å². The lowest BCUT2D eigenvalue weighted by atomic mass is 9.99. The van der Waals surface area contributed by atoms with Crippen molar-refractivity contribution in [1.29, 1.82) is 0 Å². The molecule has 6 aromatic heterocycles. The van der Waals surface area contributed by atoms with Gasteiger partial charge in [-0.05, 0) is 121 Å². The molecule has 18 aromatic carbocycles. The minimum atomic E-state index is -3.48. The van der Waals surface area contributed by atoms with Crippen LogP contribution < -0.4 is 0 Å². The summed E-state index contributed by atoms with van der Waals surface area (Å²) in [6.45, 7) is 0. The number of hydrogen-bond acceptors (Lipinski definition) is 12. The molecule has 0 spiro atoms. The Balaban J connectivity index is 0.0000000878. The van der Waals surface area contributed by atoms with Gasteiger partial charge in [0.1, 0.15) is 4.90 Å². The van der Waals surface area contributed by atoms with Gasteiger partial charge in [-0.3, -0.25) is 0 Å². The number of aryl methyl sites for hydroxylation is 6. The SMILES string of the molecule is Cn1c2ccccc2c2c3c(ccc21)-c1ccccc1S3(=O)=O.Cn1c2ccccc2c2c3c(ccc21)S(=O)(=O)c1ccccc1-3.Cn1c2ccccc2c2cc3c(cc21)-c1ccccc1S3(=O)=O.Cn1c2ccccc2c2cc3c(cc21)S(=O)(=O)c1ccccc1-3.Cn1c2ccccc2c2ccc3c(c21)-c1ccccc1S3(=O)=O.Cn1c2ccccc2c2ccc3c(c21)S(=O)(=O)c1ccccc1-3. The van der Waals surface area contributed by atoms with Crippen molar-refractivity contribution in [3.05, 3.63) is 364 Å². The molecule has 0 N–H and O–H groups in total. The van der Waals surface area contributed by atoms with Crippen molar-refractivity contribution in [3.63, 3.8) is 0 Å². The van der Waals surface area contributed by atoms with Crippen LogP contribution in [0.5, 0.6) is 0 Å². The van der Waals surface area contributed by atoms with Gasteiger partial charge in [-0.1, -0.05) is 243 Å². The fraction of sp³-hybridized carbons (Fsp3) is 0.0526. The van der Waals surface area contributed by atoms with E-state index in [0.29, 0.717) is 58.7 Å². The molecule has 6 aliphatic heterocycles. The first-order valence-corrected chi connectivity index (χ1v) is 53.6. The molecule has 0 radical (unpaired) electrons. The molecule has 6 aliphatic rings. The molecule has 18 nitrogen and oxygen atoms in total. The molecule has 12 heterocycles. The van der Waals surface area contributed by atoms with Crippen molar-refractivity contribution in [2.45, 2.75) is 58.7 Å². The Bertz CT molecular complexity index is 10400. The zero-order valence-electron chi connectivity index (χ0n) is 74.7. The Morgan fingerprint density at radius 3 is 0.928 bits per heavy atom. The Labute approximate surface area is 793 Å². The number of fused-ring (bicyclic) bond motifs is 40. The predicted molar refractivity (Wildman–Crippen MR) is 548 cm³/mol. The van der Waals surface area contributed by atoms with Crippen LogP contribution in [0.4, 0.5) is 0 Å². The summed E-state index contributed by atoms with van der Waals surface area (Å²) in [6.07, 6.45) is 0. The van der Waals surface area contributed by atoms with Gasteiger partial charge in [-0.15, -0.1) is 0 Å². The second-order valence-corrected chi connectivity index (χ2v) is 46.8. The van der Waals surface area contributed by atoms with Crippen LogP contribution in [0.15, 0.2) is 423 Å². The molecule has 0 saturated carbocycles. The van der Waals surface area contributed by atoms with Crippen molar-refractivity contribution >= 4 is 190 Å². The van der Waals surface area contributed by atoms with Gasteiger partial charge < -0.3 is 27.4 Å². The van der Waals surface area contributed by atoms with Gasteiger partial charge in [-0.2, -0.15) is 0 Å². The molecule has 0 atom stereocenters. The van der Waals surface area contributed by atoms with E-state index in [0.717, 1.165) is 198 Å². The maximum atomic E-state index is 13.1. The average molecular weight is 1920 g/mol. The van der Waals surface area contributed by atoms with Gasteiger partial charge in [0.2, 0.25) is 59.0 Å². The van der Waals surface area contributed by atoms with Gasteiger partial charge in [0.15, 0.2) is 0 Å². The predicted octanol–water partition coefficient (Wildman–Crippen LogP) is 24.9.